The number of aromatic nitrogens is 3. The van der Waals surface area contributed by atoms with E-state index in [1.165, 1.54) is 0 Å². The Hall–Kier alpha value is -0.890. The van der Waals surface area contributed by atoms with Crippen LogP contribution in [-0.4, -0.2) is 58.3 Å². The van der Waals surface area contributed by atoms with Gasteiger partial charge < -0.3 is 15.0 Å². The molecular weight excluding hydrogens is 262 g/mol. The van der Waals surface area contributed by atoms with Gasteiger partial charge in [0.05, 0.1) is 19.8 Å². The van der Waals surface area contributed by atoms with Crippen molar-refractivity contribution in [2.75, 3.05) is 38.6 Å². The normalized spacial score (nSPS) is 16.7. The highest BCUT2D eigenvalue weighted by Crippen LogP contribution is 2.17. The van der Waals surface area contributed by atoms with Gasteiger partial charge in [0.25, 0.3) is 0 Å². The molecule has 1 aliphatic heterocycles. The minimum Gasteiger partial charge on any atom is -0.379 e. The van der Waals surface area contributed by atoms with E-state index < -0.39 is 0 Å². The molecule has 1 fully saturated rings. The topological polar surface area (TPSA) is 69.2 Å². The van der Waals surface area contributed by atoms with Crippen LogP contribution in [0.4, 0.5) is 0 Å². The second-order valence-corrected chi connectivity index (χ2v) is 5.37. The standard InChI is InChI=1S/C12H21N5OS/c1-2-3-17-11(10-13)14-15-12(17)19-9-6-16-4-7-18-8-5-16/h2H,1,3-10,13H2. The molecule has 0 amide bonds. The summed E-state index contributed by atoms with van der Waals surface area (Å²) in [5.74, 6) is 1.81. The van der Waals surface area contributed by atoms with Gasteiger partial charge in [-0.25, -0.2) is 0 Å². The van der Waals surface area contributed by atoms with E-state index in [1.54, 1.807) is 11.8 Å². The minimum atomic E-state index is 0.408. The van der Waals surface area contributed by atoms with Gasteiger partial charge >= 0.3 is 0 Å². The lowest BCUT2D eigenvalue weighted by Crippen LogP contribution is -2.37. The van der Waals surface area contributed by atoms with Gasteiger partial charge in [-0.15, -0.1) is 16.8 Å². The summed E-state index contributed by atoms with van der Waals surface area (Å²) in [4.78, 5) is 2.41. The van der Waals surface area contributed by atoms with Crippen molar-refractivity contribution in [3.8, 4) is 0 Å². The highest BCUT2D eigenvalue weighted by Gasteiger charge is 2.13. The average Bonchev–Trinajstić information content (AvgIpc) is 2.83. The Bertz CT molecular complexity index is 403. The van der Waals surface area contributed by atoms with Crippen molar-refractivity contribution in [2.24, 2.45) is 5.73 Å². The van der Waals surface area contributed by atoms with Crippen LogP contribution in [0.25, 0.3) is 0 Å². The maximum Gasteiger partial charge on any atom is 0.191 e. The fourth-order valence-corrected chi connectivity index (χ4v) is 2.95. The molecule has 2 heterocycles. The number of rotatable bonds is 7. The summed E-state index contributed by atoms with van der Waals surface area (Å²) in [5, 5.41) is 9.22. The molecule has 106 valence electrons. The van der Waals surface area contributed by atoms with E-state index in [1.807, 2.05) is 10.6 Å². The van der Waals surface area contributed by atoms with E-state index in [0.29, 0.717) is 13.1 Å². The number of hydrogen-bond acceptors (Lipinski definition) is 6. The molecule has 6 nitrogen and oxygen atoms in total. The van der Waals surface area contributed by atoms with Crippen molar-refractivity contribution < 1.29 is 4.74 Å². The summed E-state index contributed by atoms with van der Waals surface area (Å²) < 4.78 is 7.36. The van der Waals surface area contributed by atoms with Crippen LogP contribution in [0.3, 0.4) is 0 Å². The monoisotopic (exact) mass is 283 g/mol. The fraction of sp³-hybridized carbons (Fsp3) is 0.667. The van der Waals surface area contributed by atoms with Crippen LogP contribution >= 0.6 is 11.8 Å². The SMILES string of the molecule is C=CCn1c(CN)nnc1SCCN1CCOCC1. The largest absolute Gasteiger partial charge is 0.379 e. The van der Waals surface area contributed by atoms with E-state index in [-0.39, 0.29) is 0 Å². The molecule has 0 aliphatic carbocycles. The van der Waals surface area contributed by atoms with E-state index in [2.05, 4.69) is 21.7 Å². The Morgan fingerprint density at radius 3 is 2.84 bits per heavy atom. The molecule has 19 heavy (non-hydrogen) atoms. The zero-order valence-electron chi connectivity index (χ0n) is 11.1. The van der Waals surface area contributed by atoms with Crippen molar-refractivity contribution >= 4 is 11.8 Å². The average molecular weight is 283 g/mol. The number of allylic oxidation sites excluding steroid dienone is 1. The highest BCUT2D eigenvalue weighted by atomic mass is 32.2. The first-order valence-corrected chi connectivity index (χ1v) is 7.49. The lowest BCUT2D eigenvalue weighted by atomic mass is 10.4. The third-order valence-electron chi connectivity index (χ3n) is 3.03. The number of morpholine rings is 1. The summed E-state index contributed by atoms with van der Waals surface area (Å²) in [6.45, 7) is 9.65. The van der Waals surface area contributed by atoms with Gasteiger partial charge in [-0.3, -0.25) is 4.90 Å². The molecule has 0 bridgehead atoms. The third kappa shape index (κ3) is 4.04. The zero-order valence-corrected chi connectivity index (χ0v) is 11.9. The molecule has 2 N–H and O–H groups in total. The van der Waals surface area contributed by atoms with Crippen LogP contribution in [0.2, 0.25) is 0 Å². The number of thioether (sulfide) groups is 1. The molecule has 0 unspecified atom stereocenters. The summed E-state index contributed by atoms with van der Waals surface area (Å²) in [6.07, 6.45) is 1.84. The molecule has 0 radical (unpaired) electrons. The Labute approximate surface area is 118 Å². The van der Waals surface area contributed by atoms with Gasteiger partial charge in [0.15, 0.2) is 5.16 Å². The zero-order chi connectivity index (χ0) is 13.5. The Kier molecular flexibility index (Phi) is 5.84. The molecular formula is C12H21N5OS. The van der Waals surface area contributed by atoms with Crippen molar-refractivity contribution in [3.05, 3.63) is 18.5 Å². The molecule has 1 aromatic heterocycles. The molecule has 0 spiro atoms. The van der Waals surface area contributed by atoms with Gasteiger partial charge in [0.1, 0.15) is 5.82 Å². The van der Waals surface area contributed by atoms with Gasteiger partial charge in [-0.05, 0) is 0 Å². The van der Waals surface area contributed by atoms with Crippen molar-refractivity contribution in [1.29, 1.82) is 0 Å². The second-order valence-electron chi connectivity index (χ2n) is 4.30. The summed E-state index contributed by atoms with van der Waals surface area (Å²) in [7, 11) is 0. The molecule has 1 aliphatic rings. The van der Waals surface area contributed by atoms with Crippen LogP contribution < -0.4 is 5.73 Å². The first-order chi connectivity index (χ1) is 9.35. The van der Waals surface area contributed by atoms with Crippen LogP contribution in [-0.2, 0) is 17.8 Å². The maximum atomic E-state index is 5.65. The molecule has 0 saturated carbocycles. The molecule has 0 atom stereocenters. The first-order valence-electron chi connectivity index (χ1n) is 6.51. The Balaban J connectivity index is 1.84. The number of ether oxygens (including phenoxy) is 1. The first kappa shape index (κ1) is 14.5. The summed E-state index contributed by atoms with van der Waals surface area (Å²) >= 11 is 1.72. The summed E-state index contributed by atoms with van der Waals surface area (Å²) in [5.41, 5.74) is 5.65. The van der Waals surface area contributed by atoms with Crippen LogP contribution in [0, 0.1) is 0 Å². The maximum absolute atomic E-state index is 5.65. The lowest BCUT2D eigenvalue weighted by Gasteiger charge is -2.26. The van der Waals surface area contributed by atoms with Gasteiger partial charge in [-0.1, -0.05) is 17.8 Å². The number of hydrogen-bond donors (Lipinski definition) is 1. The predicted octanol–water partition coefficient (Wildman–Crippen LogP) is 0.347. The molecule has 1 aromatic rings. The predicted molar refractivity (Wildman–Crippen MR) is 76.1 cm³/mol. The quantitative estimate of drug-likeness (QED) is 0.575. The Morgan fingerprint density at radius 1 is 1.37 bits per heavy atom. The number of nitrogens with two attached hydrogens (primary N) is 1. The van der Waals surface area contributed by atoms with Crippen LogP contribution in [0.5, 0.6) is 0 Å². The van der Waals surface area contributed by atoms with E-state index >= 15 is 0 Å². The number of nitrogens with zero attached hydrogens (tertiary/aromatic N) is 4. The van der Waals surface area contributed by atoms with Crippen molar-refractivity contribution in [1.82, 2.24) is 19.7 Å². The second kappa shape index (κ2) is 7.64. The lowest BCUT2D eigenvalue weighted by molar-refractivity contribution is 0.0410. The smallest absolute Gasteiger partial charge is 0.191 e. The van der Waals surface area contributed by atoms with Gasteiger partial charge in [0, 0.05) is 31.9 Å². The fourth-order valence-electron chi connectivity index (χ4n) is 1.98. The molecule has 2 rings (SSSR count). The van der Waals surface area contributed by atoms with Crippen LogP contribution in [0.15, 0.2) is 17.8 Å². The Morgan fingerprint density at radius 2 is 2.16 bits per heavy atom. The summed E-state index contributed by atoms with van der Waals surface area (Å²) in [6, 6.07) is 0. The van der Waals surface area contributed by atoms with E-state index in [0.717, 1.165) is 49.6 Å². The van der Waals surface area contributed by atoms with E-state index in [4.69, 9.17) is 10.5 Å². The molecule has 7 heteroatoms. The molecule has 0 aromatic carbocycles. The third-order valence-corrected chi connectivity index (χ3v) is 3.98. The van der Waals surface area contributed by atoms with Crippen LogP contribution in [0.1, 0.15) is 5.82 Å². The van der Waals surface area contributed by atoms with Crippen molar-refractivity contribution in [2.45, 2.75) is 18.2 Å². The van der Waals surface area contributed by atoms with Gasteiger partial charge in [0.2, 0.25) is 0 Å². The van der Waals surface area contributed by atoms with E-state index in [9.17, 15) is 0 Å². The minimum absolute atomic E-state index is 0.408. The van der Waals surface area contributed by atoms with Gasteiger partial charge in [-0.2, -0.15) is 0 Å². The molecule has 1 saturated heterocycles. The highest BCUT2D eigenvalue weighted by molar-refractivity contribution is 7.99. The van der Waals surface area contributed by atoms with Crippen molar-refractivity contribution in [3.63, 3.8) is 0 Å².